The zero-order chi connectivity index (χ0) is 23.0. The number of amides is 2. The molecule has 4 nitrogen and oxygen atoms in total. The van der Waals surface area contributed by atoms with E-state index in [0.717, 1.165) is 11.1 Å². The van der Waals surface area contributed by atoms with Crippen LogP contribution in [0.15, 0.2) is 42.5 Å². The van der Waals surface area contributed by atoms with E-state index in [4.69, 9.17) is 11.6 Å². The predicted molar refractivity (Wildman–Crippen MR) is 127 cm³/mol. The van der Waals surface area contributed by atoms with Crippen LogP contribution in [0.5, 0.6) is 0 Å². The average molecular weight is 465 g/mol. The second kappa shape index (κ2) is 12.1. The zero-order valence-electron chi connectivity index (χ0n) is 18.5. The van der Waals surface area contributed by atoms with Gasteiger partial charge in [0.05, 0.1) is 5.75 Å². The zero-order valence-corrected chi connectivity index (χ0v) is 20.0. The number of halogens is 2. The Morgan fingerprint density at radius 3 is 2.52 bits per heavy atom. The van der Waals surface area contributed by atoms with Gasteiger partial charge in [0.15, 0.2) is 0 Å². The molecule has 0 aliphatic rings. The van der Waals surface area contributed by atoms with Gasteiger partial charge in [0.1, 0.15) is 11.9 Å². The molecule has 0 aliphatic heterocycles. The SMILES string of the molecule is CC[C@H](C(=O)NC(C)C)N(Cc1cccc(C)c1)C(=O)CSCc1c(F)cccc1Cl. The van der Waals surface area contributed by atoms with Crippen LogP contribution < -0.4 is 5.32 Å². The van der Waals surface area contributed by atoms with Crippen molar-refractivity contribution in [2.24, 2.45) is 0 Å². The third-order valence-electron chi connectivity index (χ3n) is 4.79. The molecular formula is C24H30ClFN2O2S. The maximum atomic E-state index is 14.0. The van der Waals surface area contributed by atoms with Crippen LogP contribution in [-0.4, -0.2) is 34.6 Å². The van der Waals surface area contributed by atoms with Gasteiger partial charge in [-0.15, -0.1) is 11.8 Å². The van der Waals surface area contributed by atoms with Gasteiger partial charge in [0, 0.05) is 28.9 Å². The summed E-state index contributed by atoms with van der Waals surface area (Å²) in [5, 5.41) is 3.26. The minimum absolute atomic E-state index is 0.0185. The molecule has 7 heteroatoms. The van der Waals surface area contributed by atoms with Crippen LogP contribution in [0.4, 0.5) is 4.39 Å². The van der Waals surface area contributed by atoms with Crippen molar-refractivity contribution in [3.05, 3.63) is 70.0 Å². The van der Waals surface area contributed by atoms with E-state index in [0.29, 0.717) is 23.6 Å². The standard InChI is InChI=1S/C24H30ClFN2O2S/c1-5-22(24(30)27-16(2)3)28(13-18-9-6-8-17(4)12-18)23(29)15-31-14-19-20(25)10-7-11-21(19)26/h6-12,16,22H,5,13-15H2,1-4H3,(H,27,30)/t22-/m1/s1. The number of hydrogen-bond acceptors (Lipinski definition) is 3. The monoisotopic (exact) mass is 464 g/mol. The highest BCUT2D eigenvalue weighted by atomic mass is 35.5. The Balaban J connectivity index is 2.17. The molecule has 1 N–H and O–H groups in total. The van der Waals surface area contributed by atoms with E-state index in [-0.39, 0.29) is 35.2 Å². The van der Waals surface area contributed by atoms with Gasteiger partial charge in [0.2, 0.25) is 11.8 Å². The van der Waals surface area contributed by atoms with Crippen molar-refractivity contribution >= 4 is 35.2 Å². The summed E-state index contributed by atoms with van der Waals surface area (Å²) in [6, 6.07) is 11.9. The fraction of sp³-hybridized carbons (Fsp3) is 0.417. The molecule has 1 atom stereocenters. The van der Waals surface area contributed by atoms with E-state index >= 15 is 0 Å². The second-order valence-corrected chi connectivity index (χ2v) is 9.18. The van der Waals surface area contributed by atoms with Gasteiger partial charge >= 0.3 is 0 Å². The molecule has 0 spiro atoms. The largest absolute Gasteiger partial charge is 0.352 e. The highest BCUT2D eigenvalue weighted by Crippen LogP contribution is 2.24. The van der Waals surface area contributed by atoms with Gasteiger partial charge in [-0.1, -0.05) is 54.4 Å². The Labute approximate surface area is 193 Å². The maximum Gasteiger partial charge on any atom is 0.243 e. The van der Waals surface area contributed by atoms with Gasteiger partial charge in [-0.05, 0) is 44.9 Å². The molecule has 0 radical (unpaired) electrons. The molecule has 2 amide bonds. The van der Waals surface area contributed by atoms with Crippen molar-refractivity contribution in [1.29, 1.82) is 0 Å². The lowest BCUT2D eigenvalue weighted by Crippen LogP contribution is -2.50. The summed E-state index contributed by atoms with van der Waals surface area (Å²) < 4.78 is 14.0. The Hall–Kier alpha value is -2.05. The summed E-state index contributed by atoms with van der Waals surface area (Å²) in [6.07, 6.45) is 0.500. The van der Waals surface area contributed by atoms with Crippen LogP contribution in [0.3, 0.4) is 0 Å². The summed E-state index contributed by atoms with van der Waals surface area (Å²) in [7, 11) is 0. The van der Waals surface area contributed by atoms with Crippen LogP contribution in [-0.2, 0) is 21.9 Å². The van der Waals surface area contributed by atoms with E-state index in [2.05, 4.69) is 5.32 Å². The van der Waals surface area contributed by atoms with Crippen LogP contribution in [0.1, 0.15) is 43.9 Å². The van der Waals surface area contributed by atoms with E-state index in [9.17, 15) is 14.0 Å². The summed E-state index contributed by atoms with van der Waals surface area (Å²) in [5.41, 5.74) is 2.44. The van der Waals surface area contributed by atoms with Crippen LogP contribution in [0.25, 0.3) is 0 Å². The highest BCUT2D eigenvalue weighted by molar-refractivity contribution is 7.99. The first-order valence-electron chi connectivity index (χ1n) is 10.4. The van der Waals surface area contributed by atoms with Crippen molar-refractivity contribution < 1.29 is 14.0 Å². The van der Waals surface area contributed by atoms with E-state index in [1.165, 1.54) is 17.8 Å². The van der Waals surface area contributed by atoms with Gasteiger partial charge < -0.3 is 10.2 Å². The average Bonchev–Trinajstić information content (AvgIpc) is 2.69. The molecule has 0 fully saturated rings. The van der Waals surface area contributed by atoms with Gasteiger partial charge in [-0.2, -0.15) is 0 Å². The van der Waals surface area contributed by atoms with Crippen molar-refractivity contribution in [3.63, 3.8) is 0 Å². The second-order valence-electron chi connectivity index (χ2n) is 7.79. The first kappa shape index (κ1) is 25.2. The molecule has 2 aromatic rings. The number of hydrogen-bond donors (Lipinski definition) is 1. The third-order valence-corrected chi connectivity index (χ3v) is 6.08. The van der Waals surface area contributed by atoms with Crippen molar-refractivity contribution in [1.82, 2.24) is 10.2 Å². The number of nitrogens with one attached hydrogen (secondary N) is 1. The van der Waals surface area contributed by atoms with Gasteiger partial charge in [0.25, 0.3) is 0 Å². The Morgan fingerprint density at radius 1 is 1.19 bits per heavy atom. The fourth-order valence-corrected chi connectivity index (χ4v) is 4.55. The molecule has 0 bridgehead atoms. The maximum absolute atomic E-state index is 14.0. The van der Waals surface area contributed by atoms with Crippen LogP contribution >= 0.6 is 23.4 Å². The molecule has 0 aliphatic carbocycles. The Bertz CT molecular complexity index is 887. The normalized spacial score (nSPS) is 12.0. The van der Waals surface area contributed by atoms with Crippen molar-refractivity contribution in [2.45, 2.75) is 58.5 Å². The van der Waals surface area contributed by atoms with E-state index in [1.807, 2.05) is 52.0 Å². The minimum Gasteiger partial charge on any atom is -0.352 e. The number of aryl methyl sites for hydroxylation is 1. The molecule has 0 unspecified atom stereocenters. The summed E-state index contributed by atoms with van der Waals surface area (Å²) in [4.78, 5) is 27.6. The molecule has 0 heterocycles. The van der Waals surface area contributed by atoms with Gasteiger partial charge in [-0.3, -0.25) is 9.59 Å². The molecule has 31 heavy (non-hydrogen) atoms. The third kappa shape index (κ3) is 7.54. The van der Waals surface area contributed by atoms with E-state index in [1.54, 1.807) is 17.0 Å². The Morgan fingerprint density at radius 2 is 1.90 bits per heavy atom. The number of nitrogens with zero attached hydrogens (tertiary/aromatic N) is 1. The van der Waals surface area contributed by atoms with Crippen molar-refractivity contribution in [2.75, 3.05) is 5.75 Å². The molecule has 168 valence electrons. The topological polar surface area (TPSA) is 49.4 Å². The molecule has 0 saturated heterocycles. The minimum atomic E-state index is -0.576. The lowest BCUT2D eigenvalue weighted by Gasteiger charge is -2.31. The molecule has 0 saturated carbocycles. The summed E-state index contributed by atoms with van der Waals surface area (Å²) in [5.74, 6) is -0.302. The lowest BCUT2D eigenvalue weighted by molar-refractivity contribution is -0.139. The first-order chi connectivity index (χ1) is 14.7. The number of carbonyl (C=O) groups is 2. The number of thioether (sulfide) groups is 1. The molecule has 2 aromatic carbocycles. The highest BCUT2D eigenvalue weighted by Gasteiger charge is 2.29. The smallest absolute Gasteiger partial charge is 0.243 e. The Kier molecular flexibility index (Phi) is 9.85. The van der Waals surface area contributed by atoms with E-state index < -0.39 is 6.04 Å². The molecule has 0 aromatic heterocycles. The van der Waals surface area contributed by atoms with Crippen LogP contribution in [0.2, 0.25) is 5.02 Å². The molecular weight excluding hydrogens is 435 g/mol. The first-order valence-corrected chi connectivity index (χ1v) is 11.9. The fourth-order valence-electron chi connectivity index (χ4n) is 3.30. The summed E-state index contributed by atoms with van der Waals surface area (Å²) in [6.45, 7) is 8.02. The van der Waals surface area contributed by atoms with Crippen molar-refractivity contribution in [3.8, 4) is 0 Å². The van der Waals surface area contributed by atoms with Crippen LogP contribution in [0, 0.1) is 12.7 Å². The number of rotatable bonds is 10. The molecule has 2 rings (SSSR count). The number of carbonyl (C=O) groups excluding carboxylic acids is 2. The van der Waals surface area contributed by atoms with Gasteiger partial charge in [-0.25, -0.2) is 4.39 Å². The quantitative estimate of drug-likeness (QED) is 0.515. The predicted octanol–water partition coefficient (Wildman–Crippen LogP) is 5.35. The summed E-state index contributed by atoms with van der Waals surface area (Å²) >= 11 is 7.38. The number of benzene rings is 2. The lowest BCUT2D eigenvalue weighted by atomic mass is 10.1.